The van der Waals surface area contributed by atoms with Crippen LogP contribution in [-0.4, -0.2) is 26.0 Å². The van der Waals surface area contributed by atoms with Crippen LogP contribution in [0.15, 0.2) is 12.4 Å². The highest BCUT2D eigenvalue weighted by atomic mass is 16.4. The molecule has 0 saturated carbocycles. The van der Waals surface area contributed by atoms with Crippen molar-refractivity contribution < 1.29 is 9.90 Å². The Morgan fingerprint density at radius 1 is 1.62 bits per heavy atom. The van der Waals surface area contributed by atoms with Crippen molar-refractivity contribution in [2.24, 2.45) is 0 Å². The van der Waals surface area contributed by atoms with Crippen molar-refractivity contribution in [3.05, 3.63) is 23.8 Å². The van der Waals surface area contributed by atoms with Crippen LogP contribution in [0, 0.1) is 6.92 Å². The van der Waals surface area contributed by atoms with Gasteiger partial charge in [0.15, 0.2) is 0 Å². The highest BCUT2D eigenvalue weighted by Crippen LogP contribution is 2.14. The van der Waals surface area contributed by atoms with E-state index in [1.807, 2.05) is 0 Å². The number of nitrogens with zero attached hydrogens (tertiary/aromatic N) is 2. The summed E-state index contributed by atoms with van der Waals surface area (Å²) < 4.78 is 0. The van der Waals surface area contributed by atoms with Gasteiger partial charge in [-0.05, 0) is 6.92 Å². The van der Waals surface area contributed by atoms with Crippen molar-refractivity contribution in [3.63, 3.8) is 0 Å². The van der Waals surface area contributed by atoms with E-state index in [0.717, 1.165) is 0 Å². The molecular weight excluding hydrogens is 170 g/mol. The SMILES string of the molecule is Cc1ncc2c(C(=O)O)c[nH]c2n1. The molecule has 13 heavy (non-hydrogen) atoms. The van der Waals surface area contributed by atoms with E-state index in [1.54, 1.807) is 6.92 Å². The van der Waals surface area contributed by atoms with Crippen LogP contribution in [0.5, 0.6) is 0 Å². The third-order valence-corrected chi connectivity index (χ3v) is 1.78. The third kappa shape index (κ3) is 1.14. The first-order valence-corrected chi connectivity index (χ1v) is 3.72. The Kier molecular flexibility index (Phi) is 1.51. The number of rotatable bonds is 1. The maximum absolute atomic E-state index is 10.7. The summed E-state index contributed by atoms with van der Waals surface area (Å²) in [5, 5.41) is 9.31. The number of hydrogen-bond donors (Lipinski definition) is 2. The van der Waals surface area contributed by atoms with Crippen molar-refractivity contribution in [2.45, 2.75) is 6.92 Å². The lowest BCUT2D eigenvalue weighted by atomic mass is 10.2. The second-order valence-electron chi connectivity index (χ2n) is 2.69. The molecule has 5 heteroatoms. The van der Waals surface area contributed by atoms with Gasteiger partial charge in [0, 0.05) is 12.4 Å². The lowest BCUT2D eigenvalue weighted by Gasteiger charge is -1.92. The van der Waals surface area contributed by atoms with Crippen LogP contribution in [-0.2, 0) is 0 Å². The normalized spacial score (nSPS) is 10.5. The molecule has 0 aliphatic heterocycles. The third-order valence-electron chi connectivity index (χ3n) is 1.78. The number of carboxylic acids is 1. The first kappa shape index (κ1) is 7.72. The Hall–Kier alpha value is -1.91. The molecule has 0 amide bonds. The van der Waals surface area contributed by atoms with Gasteiger partial charge in [-0.25, -0.2) is 14.8 Å². The molecule has 0 bridgehead atoms. The van der Waals surface area contributed by atoms with Gasteiger partial charge in [0.05, 0.1) is 10.9 Å². The zero-order valence-electron chi connectivity index (χ0n) is 6.90. The molecule has 0 aliphatic carbocycles. The molecule has 2 N–H and O–H groups in total. The molecule has 2 rings (SSSR count). The fourth-order valence-electron chi connectivity index (χ4n) is 1.17. The topological polar surface area (TPSA) is 78.9 Å². The second-order valence-corrected chi connectivity index (χ2v) is 2.69. The number of aryl methyl sites for hydroxylation is 1. The molecule has 0 fully saturated rings. The van der Waals surface area contributed by atoms with E-state index in [1.165, 1.54) is 12.4 Å². The molecule has 0 radical (unpaired) electrons. The Labute approximate surface area is 73.4 Å². The molecule has 0 unspecified atom stereocenters. The zero-order valence-corrected chi connectivity index (χ0v) is 6.90. The molecule has 66 valence electrons. The summed E-state index contributed by atoms with van der Waals surface area (Å²) in [5.41, 5.74) is 0.764. The van der Waals surface area contributed by atoms with Crippen LogP contribution >= 0.6 is 0 Å². The minimum absolute atomic E-state index is 0.204. The van der Waals surface area contributed by atoms with E-state index in [-0.39, 0.29) is 5.56 Å². The molecule has 2 aromatic heterocycles. The van der Waals surface area contributed by atoms with E-state index >= 15 is 0 Å². The average molecular weight is 177 g/mol. The number of aromatic amines is 1. The molecule has 0 spiro atoms. The number of aromatic carboxylic acids is 1. The molecule has 5 nitrogen and oxygen atoms in total. The van der Waals surface area contributed by atoms with Gasteiger partial charge in [-0.3, -0.25) is 0 Å². The monoisotopic (exact) mass is 177 g/mol. The average Bonchev–Trinajstić information content (AvgIpc) is 2.46. The Morgan fingerprint density at radius 2 is 2.38 bits per heavy atom. The zero-order chi connectivity index (χ0) is 9.42. The summed E-state index contributed by atoms with van der Waals surface area (Å²) in [6.45, 7) is 1.75. The maximum atomic E-state index is 10.7. The number of fused-ring (bicyclic) bond motifs is 1. The van der Waals surface area contributed by atoms with Gasteiger partial charge in [0.2, 0.25) is 0 Å². The first-order chi connectivity index (χ1) is 6.18. The van der Waals surface area contributed by atoms with Crippen molar-refractivity contribution in [1.82, 2.24) is 15.0 Å². The standard InChI is InChI=1S/C8H7N3O2/c1-4-9-2-5-6(8(12)13)3-10-7(5)11-4/h2-3H,1H3,(H,12,13)(H,9,10,11). The van der Waals surface area contributed by atoms with Gasteiger partial charge in [0.25, 0.3) is 0 Å². The minimum atomic E-state index is -0.973. The van der Waals surface area contributed by atoms with Crippen molar-refractivity contribution in [2.75, 3.05) is 0 Å². The van der Waals surface area contributed by atoms with E-state index in [0.29, 0.717) is 16.9 Å². The van der Waals surface area contributed by atoms with Gasteiger partial charge in [-0.1, -0.05) is 0 Å². The van der Waals surface area contributed by atoms with Crippen molar-refractivity contribution >= 4 is 17.0 Å². The molecule has 0 aromatic carbocycles. The smallest absolute Gasteiger partial charge is 0.337 e. The van der Waals surface area contributed by atoms with Gasteiger partial charge >= 0.3 is 5.97 Å². The van der Waals surface area contributed by atoms with E-state index in [9.17, 15) is 4.79 Å². The van der Waals surface area contributed by atoms with Crippen LogP contribution in [0.4, 0.5) is 0 Å². The molecular formula is C8H7N3O2. The van der Waals surface area contributed by atoms with Gasteiger partial charge < -0.3 is 10.1 Å². The summed E-state index contributed by atoms with van der Waals surface area (Å²) >= 11 is 0. The Morgan fingerprint density at radius 3 is 3.08 bits per heavy atom. The van der Waals surface area contributed by atoms with Crippen molar-refractivity contribution in [1.29, 1.82) is 0 Å². The molecule has 2 heterocycles. The van der Waals surface area contributed by atoms with Crippen LogP contribution in [0.1, 0.15) is 16.2 Å². The Bertz CT molecular complexity index is 475. The van der Waals surface area contributed by atoms with E-state index in [2.05, 4.69) is 15.0 Å². The first-order valence-electron chi connectivity index (χ1n) is 3.72. The second kappa shape index (κ2) is 2.55. The Balaban J connectivity index is 2.76. The largest absolute Gasteiger partial charge is 0.478 e. The summed E-state index contributed by atoms with van der Waals surface area (Å²) in [4.78, 5) is 21.4. The summed E-state index contributed by atoms with van der Waals surface area (Å²) in [6, 6.07) is 0. The predicted octanol–water partition coefficient (Wildman–Crippen LogP) is 0.965. The number of H-pyrrole nitrogens is 1. The fraction of sp³-hybridized carbons (Fsp3) is 0.125. The number of carboxylic acid groups (broad SMARTS) is 1. The van der Waals surface area contributed by atoms with Crippen LogP contribution < -0.4 is 0 Å². The molecule has 2 aromatic rings. The summed E-state index contributed by atoms with van der Waals surface area (Å²) in [6.07, 6.45) is 2.93. The lowest BCUT2D eigenvalue weighted by Crippen LogP contribution is -1.94. The minimum Gasteiger partial charge on any atom is -0.478 e. The summed E-state index contributed by atoms with van der Waals surface area (Å²) in [7, 11) is 0. The van der Waals surface area contributed by atoms with Gasteiger partial charge in [0.1, 0.15) is 11.5 Å². The van der Waals surface area contributed by atoms with Crippen molar-refractivity contribution in [3.8, 4) is 0 Å². The number of nitrogens with one attached hydrogen (secondary N) is 1. The number of aromatic nitrogens is 3. The summed E-state index contributed by atoms with van der Waals surface area (Å²) in [5.74, 6) is -0.356. The quantitative estimate of drug-likeness (QED) is 0.680. The molecule has 0 aliphatic rings. The van der Waals surface area contributed by atoms with E-state index in [4.69, 9.17) is 5.11 Å². The molecule has 0 atom stereocenters. The lowest BCUT2D eigenvalue weighted by molar-refractivity contribution is 0.0699. The van der Waals surface area contributed by atoms with Crippen LogP contribution in [0.25, 0.3) is 11.0 Å². The highest BCUT2D eigenvalue weighted by Gasteiger charge is 2.10. The van der Waals surface area contributed by atoms with Gasteiger partial charge in [-0.2, -0.15) is 0 Å². The van der Waals surface area contributed by atoms with Crippen LogP contribution in [0.3, 0.4) is 0 Å². The molecule has 0 saturated heterocycles. The van der Waals surface area contributed by atoms with Crippen LogP contribution in [0.2, 0.25) is 0 Å². The number of hydrogen-bond acceptors (Lipinski definition) is 3. The predicted molar refractivity (Wildman–Crippen MR) is 45.6 cm³/mol. The van der Waals surface area contributed by atoms with E-state index < -0.39 is 5.97 Å². The number of carbonyl (C=O) groups is 1. The highest BCUT2D eigenvalue weighted by molar-refractivity contribution is 6.01. The fourth-order valence-corrected chi connectivity index (χ4v) is 1.17. The maximum Gasteiger partial charge on any atom is 0.337 e. The van der Waals surface area contributed by atoms with Gasteiger partial charge in [-0.15, -0.1) is 0 Å².